The van der Waals surface area contributed by atoms with Gasteiger partial charge in [0.25, 0.3) is 0 Å². The Labute approximate surface area is 199 Å². The van der Waals surface area contributed by atoms with E-state index in [-0.39, 0.29) is 17.3 Å². The molecule has 0 spiro atoms. The summed E-state index contributed by atoms with van der Waals surface area (Å²) in [6, 6.07) is 19.4. The third kappa shape index (κ3) is 5.67. The number of furan rings is 1. The number of benzene rings is 2. The average Bonchev–Trinajstić information content (AvgIpc) is 3.35. The van der Waals surface area contributed by atoms with Gasteiger partial charge in [0.05, 0.1) is 24.2 Å². The maximum Gasteiger partial charge on any atom is 0.246 e. The van der Waals surface area contributed by atoms with Gasteiger partial charge in [0, 0.05) is 32.3 Å². The number of amides is 1. The summed E-state index contributed by atoms with van der Waals surface area (Å²) in [7, 11) is -1.96. The van der Waals surface area contributed by atoms with Gasteiger partial charge in [-0.25, -0.2) is 13.1 Å². The van der Waals surface area contributed by atoms with E-state index in [2.05, 4.69) is 9.62 Å². The lowest BCUT2D eigenvalue weighted by molar-refractivity contribution is -0.126. The molecular weight excluding hydrogens is 454 g/mol. The van der Waals surface area contributed by atoms with E-state index in [9.17, 15) is 13.2 Å². The Kier molecular flexibility index (Phi) is 7.34. The van der Waals surface area contributed by atoms with Gasteiger partial charge in [0.15, 0.2) is 0 Å². The summed E-state index contributed by atoms with van der Waals surface area (Å²) in [4.78, 5) is 16.8. The molecule has 0 atom stereocenters. The van der Waals surface area contributed by atoms with Crippen LogP contribution in [0.25, 0.3) is 6.08 Å². The summed E-state index contributed by atoms with van der Waals surface area (Å²) >= 11 is 0. The van der Waals surface area contributed by atoms with Crippen LogP contribution in [0.2, 0.25) is 0 Å². The van der Waals surface area contributed by atoms with Gasteiger partial charge in [0.2, 0.25) is 15.9 Å². The molecule has 9 heteroatoms. The fraction of sp³-hybridized carbons (Fsp3) is 0.240. The van der Waals surface area contributed by atoms with Crippen LogP contribution in [-0.2, 0) is 21.4 Å². The number of anilines is 1. The van der Waals surface area contributed by atoms with Crippen LogP contribution in [0.1, 0.15) is 11.5 Å². The summed E-state index contributed by atoms with van der Waals surface area (Å²) in [6.45, 7) is 2.65. The highest BCUT2D eigenvalue weighted by molar-refractivity contribution is 7.89. The molecule has 3 aromatic rings. The van der Waals surface area contributed by atoms with Crippen LogP contribution in [0.5, 0.6) is 5.75 Å². The molecule has 4 rings (SSSR count). The Morgan fingerprint density at radius 1 is 1.00 bits per heavy atom. The third-order valence-corrected chi connectivity index (χ3v) is 7.00. The van der Waals surface area contributed by atoms with E-state index in [1.54, 1.807) is 48.4 Å². The molecule has 1 aliphatic heterocycles. The topological polar surface area (TPSA) is 92.1 Å². The molecule has 2 heterocycles. The van der Waals surface area contributed by atoms with Crippen molar-refractivity contribution in [2.75, 3.05) is 38.2 Å². The van der Waals surface area contributed by atoms with Crippen molar-refractivity contribution in [3.05, 3.63) is 84.3 Å². The lowest BCUT2D eigenvalue weighted by Gasteiger charge is -2.36. The number of ether oxygens (including phenoxy) is 1. The number of rotatable bonds is 8. The largest absolute Gasteiger partial charge is 0.495 e. The standard InChI is InChI=1S/C25H27N3O5S/c1-32-24-10-6-5-9-23(24)27-15-17-28(18-16-27)25(29)14-13-20-11-12-21(33-20)19-26-34(30,31)22-7-3-2-4-8-22/h2-14,26H,15-19H2,1H3/b14-13+. The monoisotopic (exact) mass is 481 g/mol. The van der Waals surface area contributed by atoms with Crippen LogP contribution < -0.4 is 14.4 Å². The summed E-state index contributed by atoms with van der Waals surface area (Å²) in [5.74, 6) is 1.66. The van der Waals surface area contributed by atoms with Gasteiger partial charge in [-0.1, -0.05) is 30.3 Å². The van der Waals surface area contributed by atoms with Crippen LogP contribution in [0.15, 0.2) is 82.1 Å². The normalized spacial score (nSPS) is 14.5. The summed E-state index contributed by atoms with van der Waals surface area (Å²) in [6.07, 6.45) is 3.08. The molecule has 0 saturated carbocycles. The molecule has 2 aromatic carbocycles. The number of hydrogen-bond acceptors (Lipinski definition) is 6. The number of nitrogens with one attached hydrogen (secondary N) is 1. The Balaban J connectivity index is 1.29. The zero-order chi connectivity index (χ0) is 24.0. The number of methoxy groups -OCH3 is 1. The fourth-order valence-corrected chi connectivity index (χ4v) is 4.76. The van der Waals surface area contributed by atoms with E-state index in [1.807, 2.05) is 24.3 Å². The molecule has 1 N–H and O–H groups in total. The average molecular weight is 482 g/mol. The summed E-state index contributed by atoms with van der Waals surface area (Å²) < 4.78 is 38.2. The Morgan fingerprint density at radius 2 is 1.71 bits per heavy atom. The molecule has 0 radical (unpaired) electrons. The molecule has 1 saturated heterocycles. The van der Waals surface area contributed by atoms with Gasteiger partial charge in [-0.05, 0) is 42.5 Å². The van der Waals surface area contributed by atoms with E-state index in [0.717, 1.165) is 11.4 Å². The van der Waals surface area contributed by atoms with Gasteiger partial charge >= 0.3 is 0 Å². The first-order valence-electron chi connectivity index (χ1n) is 10.9. The maximum absolute atomic E-state index is 12.6. The van der Waals surface area contributed by atoms with Crippen molar-refractivity contribution in [1.29, 1.82) is 0 Å². The number of carbonyl (C=O) groups is 1. The lowest BCUT2D eigenvalue weighted by atomic mass is 10.2. The minimum atomic E-state index is -3.62. The van der Waals surface area contributed by atoms with Crippen LogP contribution in [-0.4, -0.2) is 52.5 Å². The molecule has 1 fully saturated rings. The fourth-order valence-electron chi connectivity index (χ4n) is 3.75. The zero-order valence-corrected chi connectivity index (χ0v) is 19.7. The van der Waals surface area contributed by atoms with Gasteiger partial charge in [-0.3, -0.25) is 4.79 Å². The summed E-state index contributed by atoms with van der Waals surface area (Å²) in [5, 5.41) is 0. The number of para-hydroxylation sites is 2. The van der Waals surface area contributed by atoms with Crippen molar-refractivity contribution in [1.82, 2.24) is 9.62 Å². The number of carbonyl (C=O) groups excluding carboxylic acids is 1. The first-order chi connectivity index (χ1) is 16.5. The SMILES string of the molecule is COc1ccccc1N1CCN(C(=O)/C=C/c2ccc(CNS(=O)(=O)c3ccccc3)o2)CC1. The Bertz CT molecular complexity index is 1250. The number of nitrogens with zero attached hydrogens (tertiary/aromatic N) is 2. The van der Waals surface area contributed by atoms with Gasteiger partial charge in [-0.2, -0.15) is 0 Å². The molecule has 1 aliphatic rings. The van der Waals surface area contributed by atoms with Crippen molar-refractivity contribution >= 4 is 27.7 Å². The van der Waals surface area contributed by atoms with Gasteiger partial charge in [-0.15, -0.1) is 0 Å². The molecule has 34 heavy (non-hydrogen) atoms. The van der Waals surface area contributed by atoms with Crippen LogP contribution in [0, 0.1) is 0 Å². The van der Waals surface area contributed by atoms with Gasteiger partial charge < -0.3 is 19.0 Å². The van der Waals surface area contributed by atoms with E-state index in [1.165, 1.54) is 18.2 Å². The highest BCUT2D eigenvalue weighted by Gasteiger charge is 2.21. The molecule has 8 nitrogen and oxygen atoms in total. The van der Waals surface area contributed by atoms with Crippen LogP contribution in [0.4, 0.5) is 5.69 Å². The molecule has 0 bridgehead atoms. The van der Waals surface area contributed by atoms with Crippen molar-refractivity contribution < 1.29 is 22.4 Å². The van der Waals surface area contributed by atoms with Crippen LogP contribution in [0.3, 0.4) is 0 Å². The number of piperazine rings is 1. The Morgan fingerprint density at radius 3 is 2.44 bits per heavy atom. The second kappa shape index (κ2) is 10.6. The minimum Gasteiger partial charge on any atom is -0.495 e. The van der Waals surface area contributed by atoms with Gasteiger partial charge in [0.1, 0.15) is 17.3 Å². The van der Waals surface area contributed by atoms with Crippen LogP contribution >= 0.6 is 0 Å². The van der Waals surface area contributed by atoms with Crippen molar-refractivity contribution in [3.63, 3.8) is 0 Å². The van der Waals surface area contributed by atoms with Crippen molar-refractivity contribution in [2.24, 2.45) is 0 Å². The zero-order valence-electron chi connectivity index (χ0n) is 18.9. The molecule has 1 aromatic heterocycles. The van der Waals surface area contributed by atoms with E-state index >= 15 is 0 Å². The highest BCUT2D eigenvalue weighted by atomic mass is 32.2. The van der Waals surface area contributed by atoms with E-state index in [0.29, 0.717) is 37.7 Å². The number of sulfonamides is 1. The van der Waals surface area contributed by atoms with Crippen molar-refractivity contribution in [3.8, 4) is 5.75 Å². The summed E-state index contributed by atoms with van der Waals surface area (Å²) in [5.41, 5.74) is 1.03. The smallest absolute Gasteiger partial charge is 0.246 e. The lowest BCUT2D eigenvalue weighted by Crippen LogP contribution is -2.48. The third-order valence-electron chi connectivity index (χ3n) is 5.58. The first-order valence-corrected chi connectivity index (χ1v) is 12.4. The predicted octanol–water partition coefficient (Wildman–Crippen LogP) is 3.13. The second-order valence-corrected chi connectivity index (χ2v) is 9.53. The van der Waals surface area contributed by atoms with E-state index < -0.39 is 10.0 Å². The van der Waals surface area contributed by atoms with E-state index in [4.69, 9.17) is 9.15 Å². The maximum atomic E-state index is 12.6. The second-order valence-electron chi connectivity index (χ2n) is 7.76. The highest BCUT2D eigenvalue weighted by Crippen LogP contribution is 2.28. The quantitative estimate of drug-likeness (QED) is 0.497. The molecule has 0 aliphatic carbocycles. The predicted molar refractivity (Wildman–Crippen MR) is 130 cm³/mol. The number of hydrogen-bond donors (Lipinski definition) is 1. The minimum absolute atomic E-state index is 0.0178. The first kappa shape index (κ1) is 23.6. The molecule has 0 unspecified atom stereocenters. The molecular formula is C25H27N3O5S. The Hall–Kier alpha value is -3.56. The molecule has 1 amide bonds. The molecule has 178 valence electrons. The van der Waals surface area contributed by atoms with Crippen molar-refractivity contribution in [2.45, 2.75) is 11.4 Å².